The van der Waals surface area contributed by atoms with Gasteiger partial charge in [-0.05, 0) is 24.8 Å². The summed E-state index contributed by atoms with van der Waals surface area (Å²) in [6, 6.07) is 2.14. The van der Waals surface area contributed by atoms with E-state index in [1.807, 2.05) is 0 Å². The summed E-state index contributed by atoms with van der Waals surface area (Å²) in [6.45, 7) is 1.26. The first-order chi connectivity index (χ1) is 12.5. The quantitative estimate of drug-likeness (QED) is 0.742. The standard InChI is InChI=1S/C17H16F2N6O/c18-12-4-10-14(5-13(12)19)22-8-23-17(10)21-6-9-1-2-25-15(3-9)11(7-24-25)16(20)26/h4-5,7-9H,1-3,6H2,(H2,20,26)(H,21,22,23)/t9-/m1/s1. The number of nitrogens with zero attached hydrogens (tertiary/aromatic N) is 4. The van der Waals surface area contributed by atoms with Crippen molar-refractivity contribution in [3.8, 4) is 0 Å². The Labute approximate surface area is 147 Å². The summed E-state index contributed by atoms with van der Waals surface area (Å²) in [6.07, 6.45) is 4.33. The van der Waals surface area contributed by atoms with Crippen LogP contribution < -0.4 is 11.1 Å². The van der Waals surface area contributed by atoms with Gasteiger partial charge in [-0.15, -0.1) is 0 Å². The van der Waals surface area contributed by atoms with Crippen LogP contribution in [0.3, 0.4) is 0 Å². The Morgan fingerprint density at radius 2 is 2.12 bits per heavy atom. The normalized spacial score (nSPS) is 16.5. The van der Waals surface area contributed by atoms with E-state index < -0.39 is 17.5 Å². The average molecular weight is 358 g/mol. The molecule has 2 aromatic heterocycles. The summed E-state index contributed by atoms with van der Waals surface area (Å²) in [7, 11) is 0. The van der Waals surface area contributed by atoms with Crippen molar-refractivity contribution in [3.63, 3.8) is 0 Å². The lowest BCUT2D eigenvalue weighted by Crippen LogP contribution is -2.27. The van der Waals surface area contributed by atoms with Crippen LogP contribution >= 0.6 is 0 Å². The van der Waals surface area contributed by atoms with E-state index in [0.717, 1.165) is 24.2 Å². The van der Waals surface area contributed by atoms with E-state index in [2.05, 4.69) is 20.4 Å². The van der Waals surface area contributed by atoms with Crippen molar-refractivity contribution in [3.05, 3.63) is 47.5 Å². The largest absolute Gasteiger partial charge is 0.369 e. The first-order valence-electron chi connectivity index (χ1n) is 8.21. The number of carbonyl (C=O) groups excluding carboxylic acids is 1. The van der Waals surface area contributed by atoms with Gasteiger partial charge in [-0.3, -0.25) is 9.48 Å². The molecule has 0 saturated heterocycles. The fourth-order valence-corrected chi connectivity index (χ4v) is 3.31. The van der Waals surface area contributed by atoms with Crippen molar-refractivity contribution in [2.24, 2.45) is 11.7 Å². The van der Waals surface area contributed by atoms with Crippen LogP contribution in [0.5, 0.6) is 0 Å². The van der Waals surface area contributed by atoms with Gasteiger partial charge < -0.3 is 11.1 Å². The lowest BCUT2D eigenvalue weighted by molar-refractivity contribution is 0.0998. The van der Waals surface area contributed by atoms with E-state index >= 15 is 0 Å². The molecule has 9 heteroatoms. The van der Waals surface area contributed by atoms with Crippen LogP contribution in [0.15, 0.2) is 24.7 Å². The van der Waals surface area contributed by atoms with Gasteiger partial charge in [0.1, 0.15) is 12.1 Å². The molecule has 134 valence electrons. The number of aryl methyl sites for hydroxylation is 1. The van der Waals surface area contributed by atoms with Crippen LogP contribution in [0.25, 0.3) is 10.9 Å². The summed E-state index contributed by atoms with van der Waals surface area (Å²) in [5.41, 5.74) is 7.00. The highest BCUT2D eigenvalue weighted by atomic mass is 19.2. The molecule has 0 bridgehead atoms. The number of hydrogen-bond donors (Lipinski definition) is 2. The van der Waals surface area contributed by atoms with E-state index in [1.54, 1.807) is 4.68 Å². The maximum absolute atomic E-state index is 13.6. The van der Waals surface area contributed by atoms with Gasteiger partial charge in [-0.1, -0.05) is 0 Å². The van der Waals surface area contributed by atoms with Crippen molar-refractivity contribution in [2.45, 2.75) is 19.4 Å². The van der Waals surface area contributed by atoms with Crippen molar-refractivity contribution >= 4 is 22.6 Å². The van der Waals surface area contributed by atoms with Gasteiger partial charge in [0.25, 0.3) is 5.91 Å². The fourth-order valence-electron chi connectivity index (χ4n) is 3.31. The number of carbonyl (C=O) groups is 1. The average Bonchev–Trinajstić information content (AvgIpc) is 3.04. The van der Waals surface area contributed by atoms with Crippen molar-refractivity contribution < 1.29 is 13.6 Å². The van der Waals surface area contributed by atoms with E-state index in [4.69, 9.17) is 5.73 Å². The van der Waals surface area contributed by atoms with E-state index in [0.29, 0.717) is 41.8 Å². The number of anilines is 1. The Balaban J connectivity index is 1.53. The maximum Gasteiger partial charge on any atom is 0.252 e. The lowest BCUT2D eigenvalue weighted by atomic mass is 9.94. The monoisotopic (exact) mass is 358 g/mol. The number of fused-ring (bicyclic) bond motifs is 2. The summed E-state index contributed by atoms with van der Waals surface area (Å²) < 4.78 is 28.7. The molecule has 3 heterocycles. The van der Waals surface area contributed by atoms with Gasteiger partial charge in [0.05, 0.1) is 23.0 Å². The molecule has 26 heavy (non-hydrogen) atoms. The molecule has 1 aromatic carbocycles. The van der Waals surface area contributed by atoms with Gasteiger partial charge in [0, 0.05) is 24.5 Å². The summed E-state index contributed by atoms with van der Waals surface area (Å²) in [4.78, 5) is 19.6. The summed E-state index contributed by atoms with van der Waals surface area (Å²) >= 11 is 0. The van der Waals surface area contributed by atoms with Gasteiger partial charge in [0.2, 0.25) is 0 Å². The molecule has 3 N–H and O–H groups in total. The first-order valence-corrected chi connectivity index (χ1v) is 8.21. The molecular weight excluding hydrogens is 342 g/mol. The van der Waals surface area contributed by atoms with Gasteiger partial charge in [0.15, 0.2) is 11.6 Å². The highest BCUT2D eigenvalue weighted by Crippen LogP contribution is 2.25. The predicted octanol–water partition coefficient (Wildman–Crippen LogP) is 1.88. The molecule has 1 amide bonds. The molecule has 7 nitrogen and oxygen atoms in total. The third kappa shape index (κ3) is 2.85. The van der Waals surface area contributed by atoms with Crippen LogP contribution in [0, 0.1) is 17.6 Å². The van der Waals surface area contributed by atoms with Crippen LogP contribution in [-0.4, -0.2) is 32.2 Å². The molecule has 0 fully saturated rings. The number of primary amides is 1. The van der Waals surface area contributed by atoms with Crippen molar-refractivity contribution in [2.75, 3.05) is 11.9 Å². The molecular formula is C17H16F2N6O. The Hall–Kier alpha value is -3.10. The number of halogens is 2. The molecule has 4 rings (SSSR count). The second-order valence-corrected chi connectivity index (χ2v) is 6.34. The van der Waals surface area contributed by atoms with E-state index in [-0.39, 0.29) is 5.92 Å². The number of aromatic nitrogens is 4. The predicted molar refractivity (Wildman–Crippen MR) is 90.5 cm³/mol. The minimum absolute atomic E-state index is 0.229. The van der Waals surface area contributed by atoms with E-state index in [9.17, 15) is 13.6 Å². The molecule has 0 unspecified atom stereocenters. The molecule has 0 saturated carbocycles. The number of nitrogens with two attached hydrogens (primary N) is 1. The number of rotatable bonds is 4. The van der Waals surface area contributed by atoms with Gasteiger partial charge in [-0.25, -0.2) is 18.7 Å². The Kier molecular flexibility index (Phi) is 3.98. The Morgan fingerprint density at radius 1 is 1.31 bits per heavy atom. The molecule has 3 aromatic rings. The topological polar surface area (TPSA) is 98.7 Å². The van der Waals surface area contributed by atoms with Crippen molar-refractivity contribution in [1.82, 2.24) is 19.7 Å². The highest BCUT2D eigenvalue weighted by Gasteiger charge is 2.24. The lowest BCUT2D eigenvalue weighted by Gasteiger charge is -2.24. The highest BCUT2D eigenvalue weighted by molar-refractivity contribution is 5.93. The first kappa shape index (κ1) is 16.4. The minimum Gasteiger partial charge on any atom is -0.369 e. The van der Waals surface area contributed by atoms with Crippen LogP contribution in [0.4, 0.5) is 14.6 Å². The number of nitrogens with one attached hydrogen (secondary N) is 1. The zero-order valence-corrected chi connectivity index (χ0v) is 13.7. The van der Waals surface area contributed by atoms with Crippen LogP contribution in [0.2, 0.25) is 0 Å². The summed E-state index contributed by atoms with van der Waals surface area (Å²) in [5.74, 6) is -1.69. The third-order valence-corrected chi connectivity index (χ3v) is 4.68. The smallest absolute Gasteiger partial charge is 0.252 e. The second-order valence-electron chi connectivity index (χ2n) is 6.34. The fraction of sp³-hybridized carbons (Fsp3) is 0.294. The zero-order chi connectivity index (χ0) is 18.3. The molecule has 0 aliphatic carbocycles. The SMILES string of the molecule is NC(=O)c1cnn2c1C[C@H](CNc1ncnc3cc(F)c(F)cc13)CC2. The van der Waals surface area contributed by atoms with Crippen LogP contribution in [-0.2, 0) is 13.0 Å². The van der Waals surface area contributed by atoms with Gasteiger partial charge in [-0.2, -0.15) is 5.10 Å². The molecule has 0 radical (unpaired) electrons. The van der Waals surface area contributed by atoms with E-state index in [1.165, 1.54) is 12.5 Å². The zero-order valence-electron chi connectivity index (χ0n) is 13.7. The minimum atomic E-state index is -0.943. The summed E-state index contributed by atoms with van der Waals surface area (Å²) in [5, 5.41) is 7.80. The number of benzene rings is 1. The Morgan fingerprint density at radius 3 is 2.92 bits per heavy atom. The number of amides is 1. The maximum atomic E-state index is 13.6. The second kappa shape index (κ2) is 6.32. The molecule has 1 aliphatic heterocycles. The molecule has 1 aliphatic rings. The van der Waals surface area contributed by atoms with Crippen LogP contribution in [0.1, 0.15) is 22.5 Å². The van der Waals surface area contributed by atoms with Crippen molar-refractivity contribution in [1.29, 1.82) is 0 Å². The molecule has 0 spiro atoms. The number of hydrogen-bond acceptors (Lipinski definition) is 5. The molecule has 1 atom stereocenters. The Bertz CT molecular complexity index is 1000. The third-order valence-electron chi connectivity index (χ3n) is 4.68. The van der Waals surface area contributed by atoms with Gasteiger partial charge >= 0.3 is 0 Å².